The minimum atomic E-state index is -2.10. The molecule has 3 rings (SSSR count). The second-order valence-corrected chi connectivity index (χ2v) is 11.4. The van der Waals surface area contributed by atoms with Crippen LogP contribution in [-0.2, 0) is 46.7 Å². The van der Waals surface area contributed by atoms with Crippen molar-refractivity contribution in [2.45, 2.75) is 83.1 Å². The van der Waals surface area contributed by atoms with E-state index in [9.17, 15) is 29.1 Å². The first-order valence-corrected chi connectivity index (χ1v) is 14.1. The zero-order chi connectivity index (χ0) is 31.6. The first-order valence-electron chi connectivity index (χ1n) is 14.1. The third-order valence-electron chi connectivity index (χ3n) is 6.64. The molecule has 0 bridgehead atoms. The van der Waals surface area contributed by atoms with E-state index < -0.39 is 59.9 Å². The number of nitrogens with two attached hydrogens (primary N) is 1. The van der Waals surface area contributed by atoms with Crippen molar-refractivity contribution in [2.24, 2.45) is 5.73 Å². The van der Waals surface area contributed by atoms with Gasteiger partial charge >= 0.3 is 5.97 Å². The fraction of sp³-hybridized carbons (Fsp3) is 0.452. The summed E-state index contributed by atoms with van der Waals surface area (Å²) in [6.45, 7) is 5.42. The van der Waals surface area contributed by atoms with Gasteiger partial charge in [0.15, 0.2) is 12.2 Å². The Kier molecular flexibility index (Phi) is 11.8. The van der Waals surface area contributed by atoms with Crippen LogP contribution in [0.3, 0.4) is 0 Å². The summed E-state index contributed by atoms with van der Waals surface area (Å²) in [5.41, 5.74) is 6.11. The molecule has 0 aromatic heterocycles. The van der Waals surface area contributed by atoms with Gasteiger partial charge in [0.1, 0.15) is 18.7 Å². The van der Waals surface area contributed by atoms with Gasteiger partial charge in [-0.25, -0.2) is 4.79 Å². The number of carbonyl (C=O) groups excluding carboxylic acids is 5. The van der Waals surface area contributed by atoms with Crippen molar-refractivity contribution in [2.75, 3.05) is 6.54 Å². The smallest absolute Gasteiger partial charge is 0.329 e. The lowest BCUT2D eigenvalue weighted by atomic mass is 10.1. The largest absolute Gasteiger partial charge is 0.459 e. The third kappa shape index (κ3) is 10.2. The molecule has 0 aliphatic carbocycles. The monoisotopic (exact) mass is 596 g/mol. The van der Waals surface area contributed by atoms with Crippen molar-refractivity contribution < 1.29 is 38.6 Å². The van der Waals surface area contributed by atoms with E-state index in [1.165, 1.54) is 4.90 Å². The molecule has 1 fully saturated rings. The molecule has 12 heteroatoms. The maximum atomic E-state index is 13.8. The molecule has 2 aromatic carbocycles. The minimum absolute atomic E-state index is 0.123. The Morgan fingerprint density at radius 2 is 1.56 bits per heavy atom. The van der Waals surface area contributed by atoms with Crippen molar-refractivity contribution in [1.29, 1.82) is 0 Å². The summed E-state index contributed by atoms with van der Waals surface area (Å²) in [6.07, 6.45) is -3.49. The predicted octanol–water partition coefficient (Wildman–Crippen LogP) is 0.942. The number of likely N-dealkylation sites (tertiary alicyclic amines) is 1. The third-order valence-corrected chi connectivity index (χ3v) is 6.64. The summed E-state index contributed by atoms with van der Waals surface area (Å²) in [7, 11) is 0. The molecule has 2 aromatic rings. The number of benzene rings is 2. The zero-order valence-corrected chi connectivity index (χ0v) is 24.7. The summed E-state index contributed by atoms with van der Waals surface area (Å²) in [4.78, 5) is 65.8. The second-order valence-electron chi connectivity index (χ2n) is 11.4. The Labute approximate surface area is 250 Å². The Morgan fingerprint density at radius 3 is 2.12 bits per heavy atom. The zero-order valence-electron chi connectivity index (χ0n) is 24.7. The van der Waals surface area contributed by atoms with Gasteiger partial charge in [-0.05, 0) is 44.7 Å². The Bertz CT molecular complexity index is 1270. The Hall–Kier alpha value is -4.29. The number of rotatable bonds is 13. The van der Waals surface area contributed by atoms with E-state index in [2.05, 4.69) is 10.6 Å². The van der Waals surface area contributed by atoms with Crippen molar-refractivity contribution in [3.8, 4) is 0 Å². The maximum Gasteiger partial charge on any atom is 0.329 e. The number of nitrogens with zero attached hydrogens (tertiary/aromatic N) is 1. The number of aliphatic hydroxyl groups is 1. The molecular weight excluding hydrogens is 556 g/mol. The molecule has 5 N–H and O–H groups in total. The minimum Gasteiger partial charge on any atom is -0.459 e. The van der Waals surface area contributed by atoms with Crippen LogP contribution in [-0.4, -0.2) is 76.0 Å². The van der Waals surface area contributed by atoms with E-state index >= 15 is 0 Å². The maximum absolute atomic E-state index is 13.8. The molecule has 1 aliphatic heterocycles. The molecule has 43 heavy (non-hydrogen) atoms. The molecule has 0 radical (unpaired) electrons. The number of primary amides is 1. The summed E-state index contributed by atoms with van der Waals surface area (Å²) < 4.78 is 11.1. The lowest BCUT2D eigenvalue weighted by molar-refractivity contribution is -0.163. The van der Waals surface area contributed by atoms with Crippen LogP contribution in [0.2, 0.25) is 0 Å². The normalized spacial score (nSPS) is 16.9. The van der Waals surface area contributed by atoms with Gasteiger partial charge < -0.3 is 35.8 Å². The predicted molar refractivity (Wildman–Crippen MR) is 156 cm³/mol. The fourth-order valence-electron chi connectivity index (χ4n) is 4.60. The van der Waals surface area contributed by atoms with Gasteiger partial charge in [-0.2, -0.15) is 0 Å². The quantitative estimate of drug-likeness (QED) is 0.247. The number of nitrogens with one attached hydrogen (secondary N) is 2. The standard InChI is InChI=1S/C31H40N4O8/c1-31(2,3)34-27(38)23-15-10-16-35(23)29(40)26(42-18-20-11-6-4-7-12-20)25(37)28(39)33-22(17-24(32)36)30(41)43-19-21-13-8-5-9-14-21/h4-9,11-14,22-23,25-26,37H,10,15-19H2,1-3H3,(H2,32,36)(H,33,39)(H,34,38)/t22-,23+,25+,26+/m1/s1. The SMILES string of the molecule is CC(C)(C)NC(=O)[C@@H]1CCCN1C(=O)[C@@H](OCc1ccccc1)[C@H](O)C(=O)N[C@H](CC(N)=O)C(=O)OCc1ccccc1. The van der Waals surface area contributed by atoms with Gasteiger partial charge in [-0.3, -0.25) is 19.2 Å². The lowest BCUT2D eigenvalue weighted by Crippen LogP contribution is -2.58. The molecule has 4 atom stereocenters. The Morgan fingerprint density at radius 1 is 0.977 bits per heavy atom. The summed E-state index contributed by atoms with van der Waals surface area (Å²) in [5, 5.41) is 16.3. The van der Waals surface area contributed by atoms with Crippen LogP contribution in [0.15, 0.2) is 60.7 Å². The van der Waals surface area contributed by atoms with E-state index in [1.807, 2.05) is 20.8 Å². The van der Waals surface area contributed by atoms with Crippen LogP contribution in [0, 0.1) is 0 Å². The highest BCUT2D eigenvalue weighted by molar-refractivity contribution is 5.96. The van der Waals surface area contributed by atoms with Gasteiger partial charge in [0, 0.05) is 12.1 Å². The number of esters is 1. The molecule has 232 valence electrons. The van der Waals surface area contributed by atoms with Crippen molar-refractivity contribution >= 4 is 29.6 Å². The van der Waals surface area contributed by atoms with E-state index in [4.69, 9.17) is 15.2 Å². The number of hydrogen-bond acceptors (Lipinski definition) is 8. The average molecular weight is 597 g/mol. The highest BCUT2D eigenvalue weighted by atomic mass is 16.5. The van der Waals surface area contributed by atoms with Crippen molar-refractivity contribution in [3.63, 3.8) is 0 Å². The number of amides is 4. The van der Waals surface area contributed by atoms with E-state index in [-0.39, 0.29) is 25.7 Å². The molecule has 0 saturated carbocycles. The number of ether oxygens (including phenoxy) is 2. The molecule has 1 aliphatic rings. The first kappa shape index (κ1) is 33.2. The molecule has 0 unspecified atom stereocenters. The molecular formula is C31H40N4O8. The van der Waals surface area contributed by atoms with E-state index in [0.29, 0.717) is 24.0 Å². The van der Waals surface area contributed by atoms with Crippen LogP contribution >= 0.6 is 0 Å². The second kappa shape index (κ2) is 15.3. The molecule has 4 amide bonds. The summed E-state index contributed by atoms with van der Waals surface area (Å²) in [6, 6.07) is 15.2. The average Bonchev–Trinajstić information content (AvgIpc) is 3.46. The van der Waals surface area contributed by atoms with Gasteiger partial charge in [0.05, 0.1) is 13.0 Å². The molecule has 1 heterocycles. The number of carbonyl (C=O) groups is 5. The highest BCUT2D eigenvalue weighted by Gasteiger charge is 2.43. The highest BCUT2D eigenvalue weighted by Crippen LogP contribution is 2.22. The molecule has 0 spiro atoms. The first-order chi connectivity index (χ1) is 20.4. The number of hydrogen-bond donors (Lipinski definition) is 4. The van der Waals surface area contributed by atoms with Gasteiger partial charge in [-0.1, -0.05) is 60.7 Å². The fourth-order valence-corrected chi connectivity index (χ4v) is 4.60. The van der Waals surface area contributed by atoms with Crippen molar-refractivity contribution in [3.05, 3.63) is 71.8 Å². The topological polar surface area (TPSA) is 177 Å². The molecule has 12 nitrogen and oxygen atoms in total. The van der Waals surface area contributed by atoms with Crippen LogP contribution in [0.25, 0.3) is 0 Å². The number of aliphatic hydroxyl groups excluding tert-OH is 1. The summed E-state index contributed by atoms with van der Waals surface area (Å²) >= 11 is 0. The van der Waals surface area contributed by atoms with E-state index in [0.717, 1.165) is 0 Å². The van der Waals surface area contributed by atoms with Crippen LogP contribution in [0.4, 0.5) is 0 Å². The van der Waals surface area contributed by atoms with E-state index in [1.54, 1.807) is 60.7 Å². The van der Waals surface area contributed by atoms with Crippen LogP contribution in [0.1, 0.15) is 51.2 Å². The van der Waals surface area contributed by atoms with Gasteiger partial charge in [-0.15, -0.1) is 0 Å². The van der Waals surface area contributed by atoms with Crippen LogP contribution in [0.5, 0.6) is 0 Å². The molecule has 1 saturated heterocycles. The lowest BCUT2D eigenvalue weighted by Gasteiger charge is -2.32. The van der Waals surface area contributed by atoms with Crippen LogP contribution < -0.4 is 16.4 Å². The van der Waals surface area contributed by atoms with Crippen molar-refractivity contribution in [1.82, 2.24) is 15.5 Å². The Balaban J connectivity index is 1.78. The van der Waals surface area contributed by atoms with Gasteiger partial charge in [0.2, 0.25) is 11.8 Å². The summed E-state index contributed by atoms with van der Waals surface area (Å²) in [5.74, 6) is -4.11. The van der Waals surface area contributed by atoms with Gasteiger partial charge in [0.25, 0.3) is 11.8 Å².